The van der Waals surface area contributed by atoms with E-state index in [1.54, 1.807) is 23.7 Å². The number of benzene rings is 2. The van der Waals surface area contributed by atoms with Gasteiger partial charge in [0.1, 0.15) is 0 Å². The molecule has 0 bridgehead atoms. The van der Waals surface area contributed by atoms with Gasteiger partial charge in [-0.15, -0.1) is 5.10 Å². The Morgan fingerprint density at radius 2 is 1.88 bits per heavy atom. The fraction of sp³-hybridized carbons (Fsp3) is 0.0625. The Bertz CT molecular complexity index is 1040. The van der Waals surface area contributed by atoms with Gasteiger partial charge in [-0.1, -0.05) is 12.1 Å². The topological polar surface area (TPSA) is 97.1 Å². The lowest BCUT2D eigenvalue weighted by Crippen LogP contribution is -2.17. The van der Waals surface area contributed by atoms with Gasteiger partial charge in [0.15, 0.2) is 5.82 Å². The van der Waals surface area contributed by atoms with Crippen LogP contribution in [0.4, 0.5) is 11.5 Å². The molecule has 4 aromatic rings. The minimum Gasteiger partial charge on any atom is -0.355 e. The van der Waals surface area contributed by atoms with Crippen molar-refractivity contribution in [1.82, 2.24) is 30.3 Å². The number of anilines is 2. The number of tetrazole rings is 1. The number of nitrogens with zero attached hydrogens (tertiary/aromatic N) is 5. The fourth-order valence-electron chi connectivity index (χ4n) is 2.48. The standard InChI is InChI=1S/C16H13N7O/c1-17-16(24)10-6-8-11(9-7-10)18-14-15-20-21-22-23(15)13-5-3-2-4-12(13)19-14/h2-9H,1H3,(H,17,24)(H,18,19). The first-order valence-corrected chi connectivity index (χ1v) is 7.32. The molecule has 2 N–H and O–H groups in total. The summed E-state index contributed by atoms with van der Waals surface area (Å²) in [4.78, 5) is 16.2. The van der Waals surface area contributed by atoms with Crippen LogP contribution in [0.3, 0.4) is 0 Å². The van der Waals surface area contributed by atoms with E-state index in [0.29, 0.717) is 17.0 Å². The van der Waals surface area contributed by atoms with Crippen LogP contribution in [-0.4, -0.2) is 38.0 Å². The molecule has 0 aliphatic carbocycles. The largest absolute Gasteiger partial charge is 0.355 e. The number of para-hydroxylation sites is 2. The van der Waals surface area contributed by atoms with Gasteiger partial charge >= 0.3 is 0 Å². The van der Waals surface area contributed by atoms with E-state index in [1.165, 1.54) is 0 Å². The molecule has 0 saturated carbocycles. The zero-order valence-corrected chi connectivity index (χ0v) is 12.8. The molecular weight excluding hydrogens is 306 g/mol. The Balaban J connectivity index is 1.76. The van der Waals surface area contributed by atoms with Crippen LogP contribution < -0.4 is 10.6 Å². The van der Waals surface area contributed by atoms with Gasteiger partial charge in [0.2, 0.25) is 5.65 Å². The summed E-state index contributed by atoms with van der Waals surface area (Å²) in [6.45, 7) is 0. The molecule has 0 fully saturated rings. The quantitative estimate of drug-likeness (QED) is 0.597. The highest BCUT2D eigenvalue weighted by Gasteiger charge is 2.11. The van der Waals surface area contributed by atoms with Crippen molar-refractivity contribution < 1.29 is 4.79 Å². The van der Waals surface area contributed by atoms with E-state index in [-0.39, 0.29) is 5.91 Å². The van der Waals surface area contributed by atoms with E-state index in [0.717, 1.165) is 16.7 Å². The van der Waals surface area contributed by atoms with Gasteiger partial charge in [-0.25, -0.2) is 4.98 Å². The maximum atomic E-state index is 11.6. The lowest BCUT2D eigenvalue weighted by Gasteiger charge is -2.08. The number of fused-ring (bicyclic) bond motifs is 3. The molecule has 2 aromatic heterocycles. The van der Waals surface area contributed by atoms with Crippen LogP contribution in [0, 0.1) is 0 Å². The molecule has 0 atom stereocenters. The maximum absolute atomic E-state index is 11.6. The molecule has 4 rings (SSSR count). The minimum atomic E-state index is -0.130. The Kier molecular flexibility index (Phi) is 3.27. The highest BCUT2D eigenvalue weighted by molar-refractivity contribution is 5.94. The summed E-state index contributed by atoms with van der Waals surface area (Å²) in [6.07, 6.45) is 0. The Morgan fingerprint density at radius 3 is 2.67 bits per heavy atom. The average molecular weight is 319 g/mol. The number of hydrogen-bond acceptors (Lipinski definition) is 6. The predicted molar refractivity (Wildman–Crippen MR) is 89.2 cm³/mol. The predicted octanol–water partition coefficient (Wildman–Crippen LogP) is 1.78. The first-order valence-electron chi connectivity index (χ1n) is 7.32. The van der Waals surface area contributed by atoms with Crippen LogP contribution in [-0.2, 0) is 0 Å². The molecule has 0 spiro atoms. The Hall–Kier alpha value is -3.55. The number of aromatic nitrogens is 5. The molecular formula is C16H13N7O. The zero-order chi connectivity index (χ0) is 16.5. The van der Waals surface area contributed by atoms with E-state index >= 15 is 0 Å². The van der Waals surface area contributed by atoms with Gasteiger partial charge in [-0.05, 0) is 46.8 Å². The number of carbonyl (C=O) groups excluding carboxylic acids is 1. The molecule has 0 aliphatic heterocycles. The second-order valence-electron chi connectivity index (χ2n) is 5.14. The third-order valence-electron chi connectivity index (χ3n) is 3.66. The van der Waals surface area contributed by atoms with E-state index in [1.807, 2.05) is 36.4 Å². The van der Waals surface area contributed by atoms with Gasteiger partial charge in [-0.3, -0.25) is 4.79 Å². The first kappa shape index (κ1) is 14.1. The van der Waals surface area contributed by atoms with Crippen molar-refractivity contribution in [1.29, 1.82) is 0 Å². The van der Waals surface area contributed by atoms with Crippen LogP contribution in [0.15, 0.2) is 48.5 Å². The van der Waals surface area contributed by atoms with Crippen LogP contribution in [0.1, 0.15) is 10.4 Å². The monoisotopic (exact) mass is 319 g/mol. The summed E-state index contributed by atoms with van der Waals surface area (Å²) in [5.74, 6) is 0.417. The summed E-state index contributed by atoms with van der Waals surface area (Å²) in [6, 6.07) is 14.7. The van der Waals surface area contributed by atoms with Crippen molar-refractivity contribution in [3.05, 3.63) is 54.1 Å². The van der Waals surface area contributed by atoms with Gasteiger partial charge in [0, 0.05) is 18.3 Å². The number of hydrogen-bond donors (Lipinski definition) is 2. The summed E-state index contributed by atoms with van der Waals surface area (Å²) >= 11 is 0. The van der Waals surface area contributed by atoms with Crippen molar-refractivity contribution in [2.45, 2.75) is 0 Å². The van der Waals surface area contributed by atoms with Crippen molar-refractivity contribution in [3.63, 3.8) is 0 Å². The van der Waals surface area contributed by atoms with E-state index in [9.17, 15) is 4.79 Å². The van der Waals surface area contributed by atoms with E-state index in [2.05, 4.69) is 31.1 Å². The van der Waals surface area contributed by atoms with Crippen molar-refractivity contribution >= 4 is 34.1 Å². The molecule has 0 radical (unpaired) electrons. The lowest BCUT2D eigenvalue weighted by molar-refractivity contribution is 0.0963. The number of nitrogens with one attached hydrogen (secondary N) is 2. The third-order valence-corrected chi connectivity index (χ3v) is 3.66. The second kappa shape index (κ2) is 5.58. The molecule has 2 aromatic carbocycles. The molecule has 118 valence electrons. The average Bonchev–Trinajstić information content (AvgIpc) is 3.12. The molecule has 2 heterocycles. The summed E-state index contributed by atoms with van der Waals surface area (Å²) in [5, 5.41) is 17.6. The number of carbonyl (C=O) groups is 1. The molecule has 0 aliphatic rings. The fourth-order valence-corrected chi connectivity index (χ4v) is 2.48. The highest BCUT2D eigenvalue weighted by Crippen LogP contribution is 2.22. The smallest absolute Gasteiger partial charge is 0.251 e. The zero-order valence-electron chi connectivity index (χ0n) is 12.8. The molecule has 0 unspecified atom stereocenters. The van der Waals surface area contributed by atoms with Gasteiger partial charge in [0.25, 0.3) is 5.91 Å². The molecule has 0 saturated heterocycles. The van der Waals surface area contributed by atoms with Crippen LogP contribution in [0.2, 0.25) is 0 Å². The molecule has 8 nitrogen and oxygen atoms in total. The SMILES string of the molecule is CNC(=O)c1ccc(Nc2nc3ccccc3n3nnnc23)cc1. The van der Waals surface area contributed by atoms with Gasteiger partial charge < -0.3 is 10.6 Å². The van der Waals surface area contributed by atoms with Crippen molar-refractivity contribution in [2.24, 2.45) is 0 Å². The highest BCUT2D eigenvalue weighted by atomic mass is 16.1. The Morgan fingerprint density at radius 1 is 1.08 bits per heavy atom. The van der Waals surface area contributed by atoms with Crippen LogP contribution in [0.25, 0.3) is 16.7 Å². The summed E-state index contributed by atoms with van der Waals surface area (Å²) in [7, 11) is 1.60. The Labute approximate surface area is 136 Å². The number of amides is 1. The third kappa shape index (κ3) is 2.30. The first-order chi connectivity index (χ1) is 11.8. The van der Waals surface area contributed by atoms with E-state index < -0.39 is 0 Å². The maximum Gasteiger partial charge on any atom is 0.251 e. The molecule has 8 heteroatoms. The van der Waals surface area contributed by atoms with Gasteiger partial charge in [0.05, 0.1) is 11.0 Å². The second-order valence-corrected chi connectivity index (χ2v) is 5.14. The van der Waals surface area contributed by atoms with Gasteiger partial charge in [-0.2, -0.15) is 4.52 Å². The number of rotatable bonds is 3. The molecule has 24 heavy (non-hydrogen) atoms. The van der Waals surface area contributed by atoms with Crippen LogP contribution in [0.5, 0.6) is 0 Å². The van der Waals surface area contributed by atoms with Crippen LogP contribution >= 0.6 is 0 Å². The van der Waals surface area contributed by atoms with E-state index in [4.69, 9.17) is 0 Å². The normalized spacial score (nSPS) is 10.9. The summed E-state index contributed by atoms with van der Waals surface area (Å²) in [5.41, 5.74) is 3.52. The van der Waals surface area contributed by atoms with Crippen molar-refractivity contribution in [3.8, 4) is 0 Å². The van der Waals surface area contributed by atoms with Crippen molar-refractivity contribution in [2.75, 3.05) is 12.4 Å². The minimum absolute atomic E-state index is 0.130. The lowest BCUT2D eigenvalue weighted by atomic mass is 10.2. The molecule has 1 amide bonds. The summed E-state index contributed by atoms with van der Waals surface area (Å²) < 4.78 is 1.64.